The summed E-state index contributed by atoms with van der Waals surface area (Å²) in [5.41, 5.74) is 1.18. The highest BCUT2D eigenvalue weighted by Crippen LogP contribution is 2.12. The number of Topliss-reactive ketones (excluding diaryl/α,β-unsaturated/α-hetero) is 1. The Morgan fingerprint density at radius 1 is 1.56 bits per heavy atom. The fraction of sp³-hybridized carbons (Fsp3) is 0.364. The van der Waals surface area contributed by atoms with Crippen LogP contribution in [0.15, 0.2) is 18.3 Å². The third-order valence-electron chi connectivity index (χ3n) is 1.90. The second-order valence-corrected chi connectivity index (χ2v) is 4.08. The molecule has 0 fully saturated rings. The SMILES string of the molecule is CCOC(=O)C(Br)C(=O)c1ccnc(C)c1. The van der Waals surface area contributed by atoms with Gasteiger partial charge < -0.3 is 4.74 Å². The highest BCUT2D eigenvalue weighted by atomic mass is 79.9. The Hall–Kier alpha value is -1.23. The van der Waals surface area contributed by atoms with Gasteiger partial charge in [-0.05, 0) is 26.0 Å². The molecule has 0 spiro atoms. The van der Waals surface area contributed by atoms with Crippen molar-refractivity contribution in [2.45, 2.75) is 18.7 Å². The van der Waals surface area contributed by atoms with Crippen LogP contribution in [0.25, 0.3) is 0 Å². The first-order valence-electron chi connectivity index (χ1n) is 4.83. The highest BCUT2D eigenvalue weighted by Gasteiger charge is 2.25. The fourth-order valence-corrected chi connectivity index (χ4v) is 1.56. The van der Waals surface area contributed by atoms with Gasteiger partial charge in [0.15, 0.2) is 10.6 Å². The van der Waals surface area contributed by atoms with Crippen molar-refractivity contribution in [3.8, 4) is 0 Å². The lowest BCUT2D eigenvalue weighted by Crippen LogP contribution is -2.26. The lowest BCUT2D eigenvalue weighted by molar-refractivity contribution is -0.141. The zero-order valence-corrected chi connectivity index (χ0v) is 10.7. The van der Waals surface area contributed by atoms with Crippen LogP contribution in [-0.4, -0.2) is 28.2 Å². The summed E-state index contributed by atoms with van der Waals surface area (Å²) in [5.74, 6) is -0.883. The summed E-state index contributed by atoms with van der Waals surface area (Å²) in [6.07, 6.45) is 1.54. The van der Waals surface area contributed by atoms with Gasteiger partial charge in [0.1, 0.15) is 0 Å². The molecule has 0 aliphatic carbocycles. The third kappa shape index (κ3) is 3.13. The number of carbonyl (C=O) groups excluding carboxylic acids is 2. The number of aryl methyl sites for hydroxylation is 1. The summed E-state index contributed by atoms with van der Waals surface area (Å²) < 4.78 is 4.75. The molecule has 0 aliphatic heterocycles. The zero-order chi connectivity index (χ0) is 12.1. The molecule has 1 aromatic rings. The molecule has 1 unspecified atom stereocenters. The van der Waals surface area contributed by atoms with Crippen LogP contribution in [0, 0.1) is 6.92 Å². The van der Waals surface area contributed by atoms with Crippen molar-refractivity contribution < 1.29 is 14.3 Å². The number of pyridine rings is 1. The third-order valence-corrected chi connectivity index (χ3v) is 2.69. The summed E-state index contributed by atoms with van der Waals surface area (Å²) in [7, 11) is 0. The van der Waals surface area contributed by atoms with E-state index in [9.17, 15) is 9.59 Å². The number of halogens is 1. The molecule has 0 saturated heterocycles. The van der Waals surface area contributed by atoms with E-state index in [0.717, 1.165) is 5.69 Å². The molecule has 0 N–H and O–H groups in total. The molecule has 1 aromatic heterocycles. The Morgan fingerprint density at radius 2 is 2.25 bits per heavy atom. The van der Waals surface area contributed by atoms with E-state index in [-0.39, 0.29) is 12.4 Å². The number of carbonyl (C=O) groups is 2. The second kappa shape index (κ2) is 5.75. The Bertz CT molecular complexity index is 406. The topological polar surface area (TPSA) is 56.3 Å². The quantitative estimate of drug-likeness (QED) is 0.367. The molecule has 1 rings (SSSR count). The average Bonchev–Trinajstić information content (AvgIpc) is 2.27. The first-order chi connectivity index (χ1) is 7.56. The van der Waals surface area contributed by atoms with Gasteiger partial charge in [0.05, 0.1) is 6.61 Å². The van der Waals surface area contributed by atoms with E-state index in [1.807, 2.05) is 0 Å². The second-order valence-electron chi connectivity index (χ2n) is 3.16. The molecule has 1 atom stereocenters. The first kappa shape index (κ1) is 12.8. The number of rotatable bonds is 4. The van der Waals surface area contributed by atoms with Crippen molar-refractivity contribution in [2.75, 3.05) is 6.61 Å². The summed E-state index contributed by atoms with van der Waals surface area (Å²) in [6.45, 7) is 3.73. The van der Waals surface area contributed by atoms with E-state index < -0.39 is 10.8 Å². The molecule has 0 amide bonds. The standard InChI is InChI=1S/C11H12BrNO3/c1-3-16-11(15)9(12)10(14)8-4-5-13-7(2)6-8/h4-6,9H,3H2,1-2H3. The number of esters is 1. The van der Waals surface area contributed by atoms with Crippen LogP contribution in [0.2, 0.25) is 0 Å². The van der Waals surface area contributed by atoms with E-state index in [0.29, 0.717) is 5.56 Å². The Balaban J connectivity index is 2.82. The summed E-state index contributed by atoms with van der Waals surface area (Å²) in [4.78, 5) is 26.2. The van der Waals surface area contributed by atoms with E-state index in [4.69, 9.17) is 4.74 Å². The minimum atomic E-state index is -0.950. The number of hydrogen-bond donors (Lipinski definition) is 0. The van der Waals surface area contributed by atoms with Gasteiger partial charge in [0, 0.05) is 17.5 Å². The van der Waals surface area contributed by atoms with Gasteiger partial charge in [-0.15, -0.1) is 0 Å². The molecule has 0 radical (unpaired) electrons. The maximum atomic E-state index is 11.8. The minimum Gasteiger partial charge on any atom is -0.465 e. The summed E-state index contributed by atoms with van der Waals surface area (Å²) in [5, 5.41) is 0. The maximum absolute atomic E-state index is 11.8. The van der Waals surface area contributed by atoms with Crippen molar-refractivity contribution >= 4 is 27.7 Å². The van der Waals surface area contributed by atoms with Gasteiger partial charge in [0.2, 0.25) is 0 Å². The van der Waals surface area contributed by atoms with E-state index >= 15 is 0 Å². The lowest BCUT2D eigenvalue weighted by Gasteiger charge is -2.08. The van der Waals surface area contributed by atoms with Crippen molar-refractivity contribution in [1.82, 2.24) is 4.98 Å². The molecule has 86 valence electrons. The molecule has 4 nitrogen and oxygen atoms in total. The lowest BCUT2D eigenvalue weighted by atomic mass is 10.1. The number of nitrogens with zero attached hydrogens (tertiary/aromatic N) is 1. The average molecular weight is 286 g/mol. The van der Waals surface area contributed by atoms with Gasteiger partial charge in [0.25, 0.3) is 0 Å². The zero-order valence-electron chi connectivity index (χ0n) is 9.07. The Kier molecular flexibility index (Phi) is 4.61. The Morgan fingerprint density at radius 3 is 2.81 bits per heavy atom. The molecular formula is C11H12BrNO3. The van der Waals surface area contributed by atoms with Crippen LogP contribution >= 0.6 is 15.9 Å². The smallest absolute Gasteiger partial charge is 0.327 e. The van der Waals surface area contributed by atoms with Crippen LogP contribution in [0.4, 0.5) is 0 Å². The van der Waals surface area contributed by atoms with Crippen LogP contribution in [0.3, 0.4) is 0 Å². The summed E-state index contributed by atoms with van der Waals surface area (Å²) >= 11 is 3.03. The van der Waals surface area contributed by atoms with E-state index in [2.05, 4.69) is 20.9 Å². The monoisotopic (exact) mass is 285 g/mol. The van der Waals surface area contributed by atoms with E-state index in [1.54, 1.807) is 26.0 Å². The number of aromatic nitrogens is 1. The Labute approximate surface area is 102 Å². The van der Waals surface area contributed by atoms with Gasteiger partial charge in [-0.3, -0.25) is 14.6 Å². The van der Waals surface area contributed by atoms with Crippen LogP contribution < -0.4 is 0 Å². The van der Waals surface area contributed by atoms with Gasteiger partial charge in [-0.25, -0.2) is 0 Å². The van der Waals surface area contributed by atoms with Crippen LogP contribution in [0.1, 0.15) is 23.0 Å². The van der Waals surface area contributed by atoms with Gasteiger partial charge in [-0.2, -0.15) is 0 Å². The molecule has 1 heterocycles. The minimum absolute atomic E-state index is 0.254. The fourth-order valence-electron chi connectivity index (χ4n) is 1.17. The molecule has 5 heteroatoms. The molecule has 16 heavy (non-hydrogen) atoms. The predicted molar refractivity (Wildman–Crippen MR) is 62.7 cm³/mol. The van der Waals surface area contributed by atoms with Crippen LogP contribution in [0.5, 0.6) is 0 Å². The van der Waals surface area contributed by atoms with Crippen molar-refractivity contribution in [3.05, 3.63) is 29.6 Å². The summed E-state index contributed by atoms with van der Waals surface area (Å²) in [6, 6.07) is 3.21. The van der Waals surface area contributed by atoms with Crippen molar-refractivity contribution in [3.63, 3.8) is 0 Å². The number of ketones is 1. The largest absolute Gasteiger partial charge is 0.465 e. The van der Waals surface area contributed by atoms with Crippen LogP contribution in [-0.2, 0) is 9.53 Å². The van der Waals surface area contributed by atoms with Crippen molar-refractivity contribution in [2.24, 2.45) is 0 Å². The normalized spacial score (nSPS) is 11.9. The number of alkyl halides is 1. The first-order valence-corrected chi connectivity index (χ1v) is 5.75. The molecule has 0 saturated carbocycles. The maximum Gasteiger partial charge on any atom is 0.327 e. The molecule has 0 aliphatic rings. The van der Waals surface area contributed by atoms with Crippen molar-refractivity contribution in [1.29, 1.82) is 0 Å². The van der Waals surface area contributed by atoms with Gasteiger partial charge >= 0.3 is 5.97 Å². The molecular weight excluding hydrogens is 274 g/mol. The van der Waals surface area contributed by atoms with E-state index in [1.165, 1.54) is 6.20 Å². The highest BCUT2D eigenvalue weighted by molar-refractivity contribution is 9.10. The predicted octanol–water partition coefficient (Wildman–Crippen LogP) is 1.90. The molecule has 0 bridgehead atoms. The number of hydrogen-bond acceptors (Lipinski definition) is 4. The van der Waals surface area contributed by atoms with Gasteiger partial charge in [-0.1, -0.05) is 15.9 Å². The molecule has 0 aromatic carbocycles. The number of ether oxygens (including phenoxy) is 1.